The van der Waals surface area contributed by atoms with Gasteiger partial charge in [0.2, 0.25) is 0 Å². The first-order valence-electron chi connectivity index (χ1n) is 5.43. The lowest BCUT2D eigenvalue weighted by Crippen LogP contribution is -2.51. The van der Waals surface area contributed by atoms with Crippen molar-refractivity contribution in [2.75, 3.05) is 19.7 Å². The van der Waals surface area contributed by atoms with Crippen LogP contribution < -0.4 is 5.73 Å². The standard InChI is InChI=1S/C12H16N2O2/c13-5-9-1-3-11(4-2-9)12(16)14-6-10(7-14)8-15/h1-4,10,15H,5-8,13H2. The number of aliphatic hydroxyl groups excluding tert-OH is 1. The summed E-state index contributed by atoms with van der Waals surface area (Å²) in [6, 6.07) is 7.35. The van der Waals surface area contributed by atoms with Gasteiger partial charge in [-0.05, 0) is 17.7 Å². The van der Waals surface area contributed by atoms with E-state index in [2.05, 4.69) is 0 Å². The molecule has 1 aliphatic rings. The number of carbonyl (C=O) groups is 1. The molecule has 0 bridgehead atoms. The summed E-state index contributed by atoms with van der Waals surface area (Å²) in [6.07, 6.45) is 0. The summed E-state index contributed by atoms with van der Waals surface area (Å²) in [4.78, 5) is 13.6. The molecule has 1 aromatic carbocycles. The van der Waals surface area contributed by atoms with Crippen molar-refractivity contribution in [2.45, 2.75) is 6.54 Å². The van der Waals surface area contributed by atoms with Crippen LogP contribution in [0.1, 0.15) is 15.9 Å². The molecule has 3 N–H and O–H groups in total. The van der Waals surface area contributed by atoms with Crippen molar-refractivity contribution in [3.63, 3.8) is 0 Å². The van der Waals surface area contributed by atoms with E-state index in [-0.39, 0.29) is 18.4 Å². The molecule has 4 nitrogen and oxygen atoms in total. The van der Waals surface area contributed by atoms with Crippen LogP contribution in [-0.2, 0) is 6.54 Å². The normalized spacial score (nSPS) is 16.0. The van der Waals surface area contributed by atoms with Crippen molar-refractivity contribution in [1.29, 1.82) is 0 Å². The maximum Gasteiger partial charge on any atom is 0.253 e. The van der Waals surface area contributed by atoms with Gasteiger partial charge in [0.25, 0.3) is 5.91 Å². The topological polar surface area (TPSA) is 66.6 Å². The van der Waals surface area contributed by atoms with E-state index in [1.807, 2.05) is 12.1 Å². The first-order chi connectivity index (χ1) is 7.74. The molecule has 0 atom stereocenters. The first-order valence-corrected chi connectivity index (χ1v) is 5.43. The molecule has 1 aliphatic heterocycles. The Labute approximate surface area is 94.7 Å². The van der Waals surface area contributed by atoms with Gasteiger partial charge in [-0.2, -0.15) is 0 Å². The second kappa shape index (κ2) is 4.63. The number of benzene rings is 1. The van der Waals surface area contributed by atoms with E-state index in [9.17, 15) is 4.79 Å². The average molecular weight is 220 g/mol. The summed E-state index contributed by atoms with van der Waals surface area (Å²) in [5, 5.41) is 8.87. The summed E-state index contributed by atoms with van der Waals surface area (Å²) in [5.41, 5.74) is 7.20. The summed E-state index contributed by atoms with van der Waals surface area (Å²) < 4.78 is 0. The van der Waals surface area contributed by atoms with Gasteiger partial charge in [0.05, 0.1) is 0 Å². The SMILES string of the molecule is NCc1ccc(C(=O)N2CC(CO)C2)cc1. The summed E-state index contributed by atoms with van der Waals surface area (Å²) in [6.45, 7) is 1.97. The number of nitrogens with zero attached hydrogens (tertiary/aromatic N) is 1. The van der Waals surface area contributed by atoms with Gasteiger partial charge in [0.15, 0.2) is 0 Å². The third-order valence-corrected chi connectivity index (χ3v) is 2.94. The molecule has 1 heterocycles. The van der Waals surface area contributed by atoms with E-state index >= 15 is 0 Å². The monoisotopic (exact) mass is 220 g/mol. The highest BCUT2D eigenvalue weighted by Gasteiger charge is 2.30. The Hall–Kier alpha value is -1.39. The quantitative estimate of drug-likeness (QED) is 0.765. The van der Waals surface area contributed by atoms with E-state index in [0.717, 1.165) is 5.56 Å². The third kappa shape index (κ3) is 2.08. The van der Waals surface area contributed by atoms with Crippen molar-refractivity contribution in [2.24, 2.45) is 11.7 Å². The maximum absolute atomic E-state index is 11.9. The molecule has 0 unspecified atom stereocenters. The zero-order valence-electron chi connectivity index (χ0n) is 9.10. The number of hydrogen-bond donors (Lipinski definition) is 2. The van der Waals surface area contributed by atoms with E-state index in [1.54, 1.807) is 17.0 Å². The molecule has 1 aromatic rings. The van der Waals surface area contributed by atoms with Gasteiger partial charge < -0.3 is 15.7 Å². The molecule has 86 valence electrons. The molecule has 0 saturated carbocycles. The Kier molecular flexibility index (Phi) is 3.22. The molecule has 1 saturated heterocycles. The molecule has 2 rings (SSSR count). The fourth-order valence-corrected chi connectivity index (χ4v) is 1.82. The fraction of sp³-hybridized carbons (Fsp3) is 0.417. The van der Waals surface area contributed by atoms with Gasteiger partial charge in [-0.25, -0.2) is 0 Å². The van der Waals surface area contributed by atoms with Crippen LogP contribution in [0.2, 0.25) is 0 Å². The van der Waals surface area contributed by atoms with Crippen molar-refractivity contribution in [1.82, 2.24) is 4.90 Å². The zero-order chi connectivity index (χ0) is 11.5. The average Bonchev–Trinajstić information content (AvgIpc) is 2.27. The van der Waals surface area contributed by atoms with Crippen LogP contribution >= 0.6 is 0 Å². The Morgan fingerprint density at radius 2 is 2.00 bits per heavy atom. The Morgan fingerprint density at radius 3 is 2.50 bits per heavy atom. The van der Waals surface area contributed by atoms with Gasteiger partial charge in [-0.1, -0.05) is 12.1 Å². The third-order valence-electron chi connectivity index (χ3n) is 2.94. The van der Waals surface area contributed by atoms with E-state index in [1.165, 1.54) is 0 Å². The van der Waals surface area contributed by atoms with Crippen molar-refractivity contribution >= 4 is 5.91 Å². The van der Waals surface area contributed by atoms with Crippen LogP contribution in [0, 0.1) is 5.92 Å². The molecule has 1 amide bonds. The van der Waals surface area contributed by atoms with Crippen LogP contribution in [0.15, 0.2) is 24.3 Å². The molecular weight excluding hydrogens is 204 g/mol. The number of nitrogens with two attached hydrogens (primary N) is 1. The van der Waals surface area contributed by atoms with Crippen LogP contribution in [-0.4, -0.2) is 35.6 Å². The highest BCUT2D eigenvalue weighted by molar-refractivity contribution is 5.94. The number of amides is 1. The van der Waals surface area contributed by atoms with Crippen molar-refractivity contribution in [3.05, 3.63) is 35.4 Å². The number of aliphatic hydroxyl groups is 1. The molecule has 16 heavy (non-hydrogen) atoms. The van der Waals surface area contributed by atoms with Crippen LogP contribution in [0.4, 0.5) is 0 Å². The zero-order valence-corrected chi connectivity index (χ0v) is 9.10. The van der Waals surface area contributed by atoms with Crippen LogP contribution in [0.25, 0.3) is 0 Å². The maximum atomic E-state index is 11.9. The lowest BCUT2D eigenvalue weighted by atomic mass is 9.99. The lowest BCUT2D eigenvalue weighted by molar-refractivity contribution is 0.0362. The minimum Gasteiger partial charge on any atom is -0.396 e. The summed E-state index contributed by atoms with van der Waals surface area (Å²) in [5.74, 6) is 0.292. The molecule has 4 heteroatoms. The Morgan fingerprint density at radius 1 is 1.38 bits per heavy atom. The van der Waals surface area contributed by atoms with Gasteiger partial charge in [-0.3, -0.25) is 4.79 Å². The fourth-order valence-electron chi connectivity index (χ4n) is 1.82. The number of rotatable bonds is 3. The second-order valence-corrected chi connectivity index (χ2v) is 4.16. The molecule has 0 aromatic heterocycles. The van der Waals surface area contributed by atoms with Crippen LogP contribution in [0.5, 0.6) is 0 Å². The number of hydrogen-bond acceptors (Lipinski definition) is 3. The van der Waals surface area contributed by atoms with Gasteiger partial charge in [0, 0.05) is 37.7 Å². The van der Waals surface area contributed by atoms with Gasteiger partial charge >= 0.3 is 0 Å². The molecule has 0 aliphatic carbocycles. The Balaban J connectivity index is 1.99. The Bertz CT molecular complexity index is 369. The second-order valence-electron chi connectivity index (χ2n) is 4.16. The summed E-state index contributed by atoms with van der Waals surface area (Å²) >= 11 is 0. The summed E-state index contributed by atoms with van der Waals surface area (Å²) in [7, 11) is 0. The minimum atomic E-state index is 0.0354. The first kappa shape index (κ1) is 11.1. The van der Waals surface area contributed by atoms with Gasteiger partial charge in [-0.15, -0.1) is 0 Å². The predicted octanol–water partition coefficient (Wildman–Crippen LogP) is 0.210. The van der Waals surface area contributed by atoms with E-state index in [0.29, 0.717) is 25.2 Å². The molecule has 0 spiro atoms. The number of likely N-dealkylation sites (tertiary alicyclic amines) is 1. The largest absolute Gasteiger partial charge is 0.396 e. The predicted molar refractivity (Wildman–Crippen MR) is 60.8 cm³/mol. The molecule has 0 radical (unpaired) electrons. The molecular formula is C12H16N2O2. The smallest absolute Gasteiger partial charge is 0.253 e. The highest BCUT2D eigenvalue weighted by Crippen LogP contribution is 2.18. The van der Waals surface area contributed by atoms with Gasteiger partial charge in [0.1, 0.15) is 0 Å². The van der Waals surface area contributed by atoms with E-state index < -0.39 is 0 Å². The minimum absolute atomic E-state index is 0.0354. The van der Waals surface area contributed by atoms with Crippen molar-refractivity contribution in [3.8, 4) is 0 Å². The van der Waals surface area contributed by atoms with Crippen molar-refractivity contribution < 1.29 is 9.90 Å². The highest BCUT2D eigenvalue weighted by atomic mass is 16.3. The van der Waals surface area contributed by atoms with E-state index in [4.69, 9.17) is 10.8 Å². The van der Waals surface area contributed by atoms with Crippen LogP contribution in [0.3, 0.4) is 0 Å². The molecule has 1 fully saturated rings. The number of carbonyl (C=O) groups excluding carboxylic acids is 1. The lowest BCUT2D eigenvalue weighted by Gasteiger charge is -2.38.